The van der Waals surface area contributed by atoms with Crippen molar-refractivity contribution in [3.8, 4) is 11.5 Å². The first-order valence-electron chi connectivity index (χ1n) is 7.77. The SMILES string of the molecule is COc1ccc(C(=O)N2CCCc3cc(C)ccc32)cc1OC. The third-order valence-electron chi connectivity index (χ3n) is 4.23. The van der Waals surface area contributed by atoms with Gasteiger partial charge in [0, 0.05) is 17.8 Å². The third-order valence-corrected chi connectivity index (χ3v) is 4.23. The summed E-state index contributed by atoms with van der Waals surface area (Å²) in [5.74, 6) is 1.19. The minimum atomic E-state index is -0.00393. The van der Waals surface area contributed by atoms with Gasteiger partial charge in [-0.15, -0.1) is 0 Å². The predicted molar refractivity (Wildman–Crippen MR) is 90.7 cm³/mol. The molecule has 0 unspecified atom stereocenters. The second kappa shape index (κ2) is 6.32. The first-order valence-corrected chi connectivity index (χ1v) is 7.77. The maximum Gasteiger partial charge on any atom is 0.258 e. The molecular formula is C19H21NO3. The van der Waals surface area contributed by atoms with Gasteiger partial charge in [0.25, 0.3) is 5.91 Å². The summed E-state index contributed by atoms with van der Waals surface area (Å²) >= 11 is 0. The van der Waals surface area contributed by atoms with Gasteiger partial charge in [-0.25, -0.2) is 0 Å². The molecule has 0 saturated heterocycles. The third kappa shape index (κ3) is 2.89. The number of fused-ring (bicyclic) bond motifs is 1. The molecule has 0 spiro atoms. The monoisotopic (exact) mass is 311 g/mol. The highest BCUT2D eigenvalue weighted by Gasteiger charge is 2.24. The Morgan fingerprint density at radius 1 is 1.04 bits per heavy atom. The quantitative estimate of drug-likeness (QED) is 0.869. The number of ether oxygens (including phenoxy) is 2. The molecule has 23 heavy (non-hydrogen) atoms. The topological polar surface area (TPSA) is 38.8 Å². The number of amides is 1. The summed E-state index contributed by atoms with van der Waals surface area (Å²) in [5, 5.41) is 0. The van der Waals surface area contributed by atoms with Crippen molar-refractivity contribution in [1.29, 1.82) is 0 Å². The number of benzene rings is 2. The summed E-state index contributed by atoms with van der Waals surface area (Å²) in [6.45, 7) is 2.82. The molecule has 2 aromatic carbocycles. The standard InChI is InChI=1S/C19H21NO3/c1-13-6-8-16-14(11-13)5-4-10-20(16)19(21)15-7-9-17(22-2)18(12-15)23-3/h6-9,11-12H,4-5,10H2,1-3H3. The molecule has 2 aromatic rings. The van der Waals surface area contributed by atoms with Crippen LogP contribution in [0.1, 0.15) is 27.9 Å². The van der Waals surface area contributed by atoms with Crippen LogP contribution >= 0.6 is 0 Å². The predicted octanol–water partition coefficient (Wildman–Crippen LogP) is 3.61. The van der Waals surface area contributed by atoms with Crippen molar-refractivity contribution in [2.24, 2.45) is 0 Å². The average molecular weight is 311 g/mol. The van der Waals surface area contributed by atoms with E-state index in [1.807, 2.05) is 11.0 Å². The lowest BCUT2D eigenvalue weighted by atomic mass is 9.99. The molecule has 3 rings (SSSR count). The lowest BCUT2D eigenvalue weighted by Crippen LogP contribution is -2.35. The van der Waals surface area contributed by atoms with Gasteiger partial charge >= 0.3 is 0 Å². The van der Waals surface area contributed by atoms with E-state index in [1.165, 1.54) is 11.1 Å². The Hall–Kier alpha value is -2.49. The zero-order chi connectivity index (χ0) is 16.4. The molecule has 0 N–H and O–H groups in total. The van der Waals surface area contributed by atoms with E-state index in [-0.39, 0.29) is 5.91 Å². The summed E-state index contributed by atoms with van der Waals surface area (Å²) in [7, 11) is 3.16. The molecular weight excluding hydrogens is 290 g/mol. The van der Waals surface area contributed by atoms with E-state index < -0.39 is 0 Å². The lowest BCUT2D eigenvalue weighted by molar-refractivity contribution is 0.0984. The van der Waals surface area contributed by atoms with E-state index in [4.69, 9.17) is 9.47 Å². The van der Waals surface area contributed by atoms with Gasteiger partial charge < -0.3 is 14.4 Å². The van der Waals surface area contributed by atoms with Crippen molar-refractivity contribution < 1.29 is 14.3 Å². The van der Waals surface area contributed by atoms with Crippen molar-refractivity contribution >= 4 is 11.6 Å². The molecule has 1 aliphatic heterocycles. The van der Waals surface area contributed by atoms with Gasteiger partial charge in [0.15, 0.2) is 11.5 Å². The molecule has 0 atom stereocenters. The van der Waals surface area contributed by atoms with Crippen LogP contribution in [-0.4, -0.2) is 26.7 Å². The van der Waals surface area contributed by atoms with Crippen LogP contribution in [0.3, 0.4) is 0 Å². The minimum Gasteiger partial charge on any atom is -0.493 e. The van der Waals surface area contributed by atoms with Crippen LogP contribution in [0.2, 0.25) is 0 Å². The number of methoxy groups -OCH3 is 2. The highest BCUT2D eigenvalue weighted by molar-refractivity contribution is 6.07. The molecule has 0 saturated carbocycles. The Labute approximate surface area is 136 Å². The van der Waals surface area contributed by atoms with E-state index >= 15 is 0 Å². The Morgan fingerprint density at radius 3 is 2.57 bits per heavy atom. The average Bonchev–Trinajstić information content (AvgIpc) is 2.59. The molecule has 1 amide bonds. The Kier molecular flexibility index (Phi) is 4.24. The molecule has 0 aromatic heterocycles. The molecule has 0 aliphatic carbocycles. The fourth-order valence-corrected chi connectivity index (χ4v) is 3.06. The smallest absolute Gasteiger partial charge is 0.258 e. The largest absolute Gasteiger partial charge is 0.493 e. The number of hydrogen-bond donors (Lipinski definition) is 0. The summed E-state index contributed by atoms with van der Waals surface area (Å²) in [5.41, 5.74) is 4.09. The van der Waals surface area contributed by atoms with Crippen molar-refractivity contribution in [3.05, 3.63) is 53.1 Å². The van der Waals surface area contributed by atoms with Crippen LogP contribution in [0.25, 0.3) is 0 Å². The van der Waals surface area contributed by atoms with Crippen LogP contribution in [0.5, 0.6) is 11.5 Å². The van der Waals surface area contributed by atoms with E-state index in [9.17, 15) is 4.79 Å². The van der Waals surface area contributed by atoms with Crippen LogP contribution < -0.4 is 14.4 Å². The van der Waals surface area contributed by atoms with Crippen LogP contribution in [0.15, 0.2) is 36.4 Å². The first-order chi connectivity index (χ1) is 11.1. The molecule has 1 aliphatic rings. The van der Waals surface area contributed by atoms with Gasteiger partial charge in [0.1, 0.15) is 0 Å². The first kappa shape index (κ1) is 15.4. The van der Waals surface area contributed by atoms with E-state index in [1.54, 1.807) is 32.4 Å². The van der Waals surface area contributed by atoms with Gasteiger partial charge in [-0.2, -0.15) is 0 Å². The number of carbonyl (C=O) groups is 1. The Balaban J connectivity index is 1.96. The van der Waals surface area contributed by atoms with Crippen molar-refractivity contribution in [2.45, 2.75) is 19.8 Å². The second-order valence-electron chi connectivity index (χ2n) is 5.76. The Bertz CT molecular complexity index is 739. The van der Waals surface area contributed by atoms with Gasteiger partial charge in [0.05, 0.1) is 14.2 Å². The van der Waals surface area contributed by atoms with E-state index in [2.05, 4.69) is 19.1 Å². The number of nitrogens with zero attached hydrogens (tertiary/aromatic N) is 1. The van der Waals surface area contributed by atoms with Crippen LogP contribution in [0.4, 0.5) is 5.69 Å². The number of carbonyl (C=O) groups excluding carboxylic acids is 1. The van der Waals surface area contributed by atoms with Crippen molar-refractivity contribution in [2.75, 3.05) is 25.7 Å². The maximum atomic E-state index is 12.9. The fourth-order valence-electron chi connectivity index (χ4n) is 3.06. The molecule has 0 radical (unpaired) electrons. The number of rotatable bonds is 3. The highest BCUT2D eigenvalue weighted by atomic mass is 16.5. The van der Waals surface area contributed by atoms with Gasteiger partial charge in [-0.05, 0) is 49.6 Å². The fraction of sp³-hybridized carbons (Fsp3) is 0.316. The minimum absolute atomic E-state index is 0.00393. The molecule has 1 heterocycles. The molecule has 4 nitrogen and oxygen atoms in total. The summed E-state index contributed by atoms with van der Waals surface area (Å²) < 4.78 is 10.5. The van der Waals surface area contributed by atoms with Gasteiger partial charge in [-0.1, -0.05) is 17.7 Å². The molecule has 0 bridgehead atoms. The number of hydrogen-bond acceptors (Lipinski definition) is 3. The zero-order valence-electron chi connectivity index (χ0n) is 13.8. The van der Waals surface area contributed by atoms with Crippen LogP contribution in [0, 0.1) is 6.92 Å². The van der Waals surface area contributed by atoms with E-state index in [0.29, 0.717) is 17.1 Å². The maximum absolute atomic E-state index is 12.9. The van der Waals surface area contributed by atoms with E-state index in [0.717, 1.165) is 25.1 Å². The van der Waals surface area contributed by atoms with Gasteiger partial charge in [-0.3, -0.25) is 4.79 Å². The highest BCUT2D eigenvalue weighted by Crippen LogP contribution is 2.32. The number of anilines is 1. The molecule has 0 fully saturated rings. The zero-order valence-corrected chi connectivity index (χ0v) is 13.8. The van der Waals surface area contributed by atoms with Crippen LogP contribution in [-0.2, 0) is 6.42 Å². The Morgan fingerprint density at radius 2 is 1.83 bits per heavy atom. The summed E-state index contributed by atoms with van der Waals surface area (Å²) in [6, 6.07) is 11.6. The normalized spacial score (nSPS) is 13.4. The lowest BCUT2D eigenvalue weighted by Gasteiger charge is -2.30. The second-order valence-corrected chi connectivity index (χ2v) is 5.76. The van der Waals surface area contributed by atoms with Crippen molar-refractivity contribution in [3.63, 3.8) is 0 Å². The molecule has 120 valence electrons. The number of aryl methyl sites for hydroxylation is 2. The van der Waals surface area contributed by atoms with Crippen molar-refractivity contribution in [1.82, 2.24) is 0 Å². The summed E-state index contributed by atoms with van der Waals surface area (Å²) in [4.78, 5) is 14.8. The van der Waals surface area contributed by atoms with Gasteiger partial charge in [0.2, 0.25) is 0 Å². The molecule has 4 heteroatoms. The summed E-state index contributed by atoms with van der Waals surface area (Å²) in [6.07, 6.45) is 2.00.